The van der Waals surface area contributed by atoms with Crippen molar-refractivity contribution in [2.75, 3.05) is 13.2 Å². The number of benzene rings is 2. The van der Waals surface area contributed by atoms with Crippen molar-refractivity contribution in [3.8, 4) is 16.9 Å². The summed E-state index contributed by atoms with van der Waals surface area (Å²) in [6.45, 7) is 0.823. The zero-order valence-electron chi connectivity index (χ0n) is 13.7. The number of rotatable bonds is 4. The minimum Gasteiger partial charge on any atom is -0.379 e. The summed E-state index contributed by atoms with van der Waals surface area (Å²) in [6.07, 6.45) is -1.03. The maximum absolute atomic E-state index is 12.9. The van der Waals surface area contributed by atoms with Crippen molar-refractivity contribution in [2.24, 2.45) is 0 Å². The summed E-state index contributed by atoms with van der Waals surface area (Å²) in [5.41, 5.74) is 2.16. The average Bonchev–Trinajstić information content (AvgIpc) is 3.47. The summed E-state index contributed by atoms with van der Waals surface area (Å²) in [5, 5.41) is 1.19. The Kier molecular flexibility index (Phi) is 4.20. The molecule has 0 spiro atoms. The van der Waals surface area contributed by atoms with Crippen molar-refractivity contribution in [2.45, 2.75) is 12.3 Å². The molecule has 1 fully saturated rings. The predicted molar refractivity (Wildman–Crippen MR) is 91.2 cm³/mol. The lowest BCUT2D eigenvalue weighted by Crippen LogP contribution is -2.27. The largest absolute Gasteiger partial charge is 0.417 e. The highest BCUT2D eigenvalue weighted by atomic mass is 19.4. The second-order valence-corrected chi connectivity index (χ2v) is 6.12. The summed E-state index contributed by atoms with van der Waals surface area (Å²) in [4.78, 5) is 5.73. The van der Waals surface area contributed by atoms with Gasteiger partial charge in [0, 0.05) is 5.56 Å². The number of allylic oxidation sites excluding steroid dienone is 2. The molecule has 1 unspecified atom stereocenters. The van der Waals surface area contributed by atoms with Gasteiger partial charge < -0.3 is 9.57 Å². The van der Waals surface area contributed by atoms with E-state index in [-0.39, 0.29) is 12.6 Å². The number of epoxide rings is 1. The maximum Gasteiger partial charge on any atom is 0.417 e. The Morgan fingerprint density at radius 2 is 1.81 bits per heavy atom. The van der Waals surface area contributed by atoms with Crippen LogP contribution in [0.1, 0.15) is 11.7 Å². The molecular weight excluding hydrogens is 343 g/mol. The second kappa shape index (κ2) is 6.53. The minimum atomic E-state index is -4.40. The van der Waals surface area contributed by atoms with Crippen molar-refractivity contribution in [3.05, 3.63) is 78.0 Å². The molecule has 1 atom stereocenters. The van der Waals surface area contributed by atoms with E-state index in [2.05, 4.69) is 0 Å². The summed E-state index contributed by atoms with van der Waals surface area (Å²) < 4.78 is 44.1. The van der Waals surface area contributed by atoms with E-state index in [0.717, 1.165) is 29.0 Å². The molecule has 0 aromatic heterocycles. The van der Waals surface area contributed by atoms with E-state index in [1.807, 2.05) is 42.5 Å². The molecular formula is C20H16F3NO2. The molecule has 2 aromatic rings. The van der Waals surface area contributed by atoms with Crippen LogP contribution >= 0.6 is 0 Å². The second-order valence-electron chi connectivity index (χ2n) is 6.12. The summed E-state index contributed by atoms with van der Waals surface area (Å²) in [6, 6.07) is 15.5. The molecule has 0 N–H and O–H groups in total. The zero-order valence-corrected chi connectivity index (χ0v) is 13.7. The maximum atomic E-state index is 12.9. The Morgan fingerprint density at radius 1 is 1.04 bits per heavy atom. The first kappa shape index (κ1) is 16.7. The number of halogens is 3. The third kappa shape index (κ3) is 3.60. The number of hydrogen-bond donors (Lipinski definition) is 0. The molecule has 2 aliphatic rings. The smallest absolute Gasteiger partial charge is 0.379 e. The van der Waals surface area contributed by atoms with Crippen LogP contribution in [0.25, 0.3) is 11.1 Å². The number of nitrogens with zero attached hydrogens (tertiary/aromatic N) is 1. The first-order valence-electron chi connectivity index (χ1n) is 8.22. The highest BCUT2D eigenvalue weighted by molar-refractivity contribution is 5.66. The third-order valence-electron chi connectivity index (χ3n) is 4.21. The molecule has 4 rings (SSSR count). The molecule has 0 saturated carbocycles. The van der Waals surface area contributed by atoms with Gasteiger partial charge in [0.2, 0.25) is 0 Å². The van der Waals surface area contributed by atoms with Crippen molar-refractivity contribution >= 4 is 0 Å². The van der Waals surface area contributed by atoms with E-state index < -0.39 is 11.7 Å². The molecule has 6 heteroatoms. The van der Waals surface area contributed by atoms with Crippen molar-refractivity contribution in [1.29, 1.82) is 0 Å². The third-order valence-corrected chi connectivity index (χ3v) is 4.21. The number of alkyl halides is 3. The minimum absolute atomic E-state index is 0.0833. The zero-order chi connectivity index (χ0) is 18.1. The van der Waals surface area contributed by atoms with Gasteiger partial charge in [0.1, 0.15) is 6.10 Å². The van der Waals surface area contributed by atoms with Gasteiger partial charge in [-0.15, -0.1) is 0 Å². The molecule has 3 nitrogen and oxygen atoms in total. The van der Waals surface area contributed by atoms with E-state index in [1.165, 1.54) is 11.1 Å². The molecule has 134 valence electrons. The van der Waals surface area contributed by atoms with Gasteiger partial charge >= 0.3 is 6.18 Å². The quantitative estimate of drug-likeness (QED) is 0.716. The Balaban J connectivity index is 1.61. The highest BCUT2D eigenvalue weighted by Gasteiger charge is 2.34. The number of hydroxylamine groups is 2. The van der Waals surface area contributed by atoms with Gasteiger partial charge in [-0.05, 0) is 23.3 Å². The van der Waals surface area contributed by atoms with Gasteiger partial charge in [-0.2, -0.15) is 13.2 Å². The van der Waals surface area contributed by atoms with Crippen LogP contribution in [0, 0.1) is 0 Å². The fourth-order valence-electron chi connectivity index (χ4n) is 2.81. The normalized spacial score (nSPS) is 19.3. The van der Waals surface area contributed by atoms with E-state index in [0.29, 0.717) is 12.4 Å². The first-order valence-corrected chi connectivity index (χ1v) is 8.22. The standard InChI is InChI=1S/C20H16F3NO2/c21-20(22,23)16-7-4-10-24(12-16)26-18-9-8-15(11-17(18)19-13-25-19)14-5-2-1-3-6-14/h1-9,11-12,19H,10,13H2. The first-order chi connectivity index (χ1) is 12.5. The molecule has 0 radical (unpaired) electrons. The van der Waals surface area contributed by atoms with Crippen LogP contribution in [-0.4, -0.2) is 24.4 Å². The molecule has 2 aliphatic heterocycles. The Labute approximate surface area is 148 Å². The van der Waals surface area contributed by atoms with Crippen LogP contribution in [0.2, 0.25) is 0 Å². The van der Waals surface area contributed by atoms with Crippen LogP contribution < -0.4 is 4.84 Å². The molecule has 2 aromatic carbocycles. The molecule has 0 bridgehead atoms. The molecule has 26 heavy (non-hydrogen) atoms. The monoisotopic (exact) mass is 359 g/mol. The fraction of sp³-hybridized carbons (Fsp3) is 0.200. The molecule has 2 heterocycles. The SMILES string of the molecule is FC(F)(F)C1=CN(Oc2ccc(-c3ccccc3)cc2C2CO2)CC=C1. The Hall–Kier alpha value is -2.73. The van der Waals surface area contributed by atoms with Gasteiger partial charge in [0.25, 0.3) is 0 Å². The van der Waals surface area contributed by atoms with Crippen LogP contribution in [0.5, 0.6) is 5.75 Å². The van der Waals surface area contributed by atoms with Crippen molar-refractivity contribution in [1.82, 2.24) is 5.06 Å². The lowest BCUT2D eigenvalue weighted by atomic mass is 10.0. The number of ether oxygens (including phenoxy) is 1. The van der Waals surface area contributed by atoms with Crippen LogP contribution in [0.4, 0.5) is 13.2 Å². The van der Waals surface area contributed by atoms with E-state index in [4.69, 9.17) is 9.57 Å². The van der Waals surface area contributed by atoms with Crippen molar-refractivity contribution in [3.63, 3.8) is 0 Å². The highest BCUT2D eigenvalue weighted by Crippen LogP contribution is 2.39. The Morgan fingerprint density at radius 3 is 2.50 bits per heavy atom. The molecule has 0 amide bonds. The topological polar surface area (TPSA) is 25.0 Å². The predicted octanol–water partition coefficient (Wildman–Crippen LogP) is 5.04. The van der Waals surface area contributed by atoms with Gasteiger partial charge in [-0.25, -0.2) is 5.06 Å². The van der Waals surface area contributed by atoms with Crippen LogP contribution in [0.3, 0.4) is 0 Å². The molecule has 0 aliphatic carbocycles. The lowest BCUT2D eigenvalue weighted by molar-refractivity contribution is -0.0939. The lowest BCUT2D eigenvalue weighted by Gasteiger charge is -2.25. The van der Waals surface area contributed by atoms with E-state index >= 15 is 0 Å². The van der Waals surface area contributed by atoms with Gasteiger partial charge in [0.15, 0.2) is 5.75 Å². The molecule has 1 saturated heterocycles. The summed E-state index contributed by atoms with van der Waals surface area (Å²) >= 11 is 0. The van der Waals surface area contributed by atoms with Crippen LogP contribution in [0.15, 0.2) is 72.5 Å². The van der Waals surface area contributed by atoms with Gasteiger partial charge in [0.05, 0.1) is 24.9 Å². The number of hydrogen-bond acceptors (Lipinski definition) is 3. The van der Waals surface area contributed by atoms with Gasteiger partial charge in [-0.3, -0.25) is 0 Å². The van der Waals surface area contributed by atoms with Crippen molar-refractivity contribution < 1.29 is 22.7 Å². The van der Waals surface area contributed by atoms with Gasteiger partial charge in [-0.1, -0.05) is 48.6 Å². The Bertz CT molecular complexity index is 855. The summed E-state index contributed by atoms with van der Waals surface area (Å²) in [7, 11) is 0. The summed E-state index contributed by atoms with van der Waals surface area (Å²) in [5.74, 6) is 0.500. The van der Waals surface area contributed by atoms with E-state index in [1.54, 1.807) is 6.07 Å². The average molecular weight is 359 g/mol. The van der Waals surface area contributed by atoms with E-state index in [9.17, 15) is 13.2 Å². The van der Waals surface area contributed by atoms with Crippen LogP contribution in [-0.2, 0) is 4.74 Å². The fourth-order valence-corrected chi connectivity index (χ4v) is 2.81.